The standard InChI is InChI=1S/C20H26BrNO/c1-15-13-16(9-11-19(15)21)20-12-10-18(23-20)14-22-17-7-5-3-2-4-6-8-17/h9-13,17,22H,2-8,14H2,1H3. The molecule has 1 aromatic carbocycles. The molecule has 1 aliphatic rings. The van der Waals surface area contributed by atoms with Crippen molar-refractivity contribution in [1.29, 1.82) is 0 Å². The van der Waals surface area contributed by atoms with Crippen LogP contribution in [0.25, 0.3) is 11.3 Å². The van der Waals surface area contributed by atoms with Crippen molar-refractivity contribution in [1.82, 2.24) is 5.32 Å². The molecule has 0 aliphatic heterocycles. The van der Waals surface area contributed by atoms with E-state index in [1.807, 2.05) is 0 Å². The SMILES string of the molecule is Cc1cc(-c2ccc(CNC3CCCCCCC3)o2)ccc1Br. The highest BCUT2D eigenvalue weighted by Crippen LogP contribution is 2.27. The van der Waals surface area contributed by atoms with E-state index in [1.165, 1.54) is 50.5 Å². The number of furan rings is 1. The van der Waals surface area contributed by atoms with Gasteiger partial charge in [-0.2, -0.15) is 0 Å². The second-order valence-corrected chi connectivity index (χ2v) is 7.51. The Hall–Kier alpha value is -1.06. The van der Waals surface area contributed by atoms with Crippen molar-refractivity contribution < 1.29 is 4.42 Å². The van der Waals surface area contributed by atoms with Crippen LogP contribution in [-0.2, 0) is 6.54 Å². The highest BCUT2D eigenvalue weighted by molar-refractivity contribution is 9.10. The molecule has 1 heterocycles. The minimum Gasteiger partial charge on any atom is -0.460 e. The van der Waals surface area contributed by atoms with E-state index in [2.05, 4.69) is 58.5 Å². The van der Waals surface area contributed by atoms with Gasteiger partial charge in [0.25, 0.3) is 0 Å². The minimum absolute atomic E-state index is 0.652. The van der Waals surface area contributed by atoms with Gasteiger partial charge in [-0.3, -0.25) is 0 Å². The van der Waals surface area contributed by atoms with Crippen LogP contribution in [0.1, 0.15) is 56.3 Å². The van der Waals surface area contributed by atoms with Gasteiger partial charge in [0, 0.05) is 16.1 Å². The van der Waals surface area contributed by atoms with Crippen molar-refractivity contribution in [2.24, 2.45) is 0 Å². The van der Waals surface area contributed by atoms with Gasteiger partial charge in [-0.25, -0.2) is 0 Å². The van der Waals surface area contributed by atoms with Gasteiger partial charge in [-0.05, 0) is 49.6 Å². The molecule has 0 unspecified atom stereocenters. The van der Waals surface area contributed by atoms with Crippen molar-refractivity contribution in [3.63, 3.8) is 0 Å². The van der Waals surface area contributed by atoms with Gasteiger partial charge in [0.1, 0.15) is 11.5 Å². The summed E-state index contributed by atoms with van der Waals surface area (Å²) in [6.45, 7) is 2.94. The average molecular weight is 376 g/mol. The third-order valence-corrected chi connectivity index (χ3v) is 5.66. The average Bonchev–Trinajstić information content (AvgIpc) is 2.98. The highest BCUT2D eigenvalue weighted by atomic mass is 79.9. The Morgan fingerprint density at radius 2 is 1.78 bits per heavy atom. The zero-order valence-corrected chi connectivity index (χ0v) is 15.5. The fraction of sp³-hybridized carbons (Fsp3) is 0.500. The van der Waals surface area contributed by atoms with Crippen molar-refractivity contribution in [3.8, 4) is 11.3 Å². The predicted octanol–water partition coefficient (Wildman–Crippen LogP) is 6.22. The summed E-state index contributed by atoms with van der Waals surface area (Å²) in [5, 5.41) is 3.69. The molecule has 0 spiro atoms. The Bertz CT molecular complexity index is 626. The summed E-state index contributed by atoms with van der Waals surface area (Å²) in [4.78, 5) is 0. The first-order valence-electron chi connectivity index (χ1n) is 8.81. The van der Waals surface area contributed by atoms with E-state index in [9.17, 15) is 0 Å². The van der Waals surface area contributed by atoms with Gasteiger partial charge in [0.05, 0.1) is 6.54 Å². The molecule has 0 saturated heterocycles. The summed E-state index contributed by atoms with van der Waals surface area (Å²) in [5.41, 5.74) is 2.37. The molecule has 0 bridgehead atoms. The monoisotopic (exact) mass is 375 g/mol. The fourth-order valence-electron chi connectivity index (χ4n) is 3.33. The van der Waals surface area contributed by atoms with Gasteiger partial charge in [-0.1, -0.05) is 54.1 Å². The molecule has 3 rings (SSSR count). The van der Waals surface area contributed by atoms with Crippen molar-refractivity contribution in [2.45, 2.75) is 64.5 Å². The van der Waals surface area contributed by atoms with Crippen LogP contribution in [0.4, 0.5) is 0 Å². The molecule has 1 saturated carbocycles. The quantitative estimate of drug-likeness (QED) is 0.685. The molecule has 1 N–H and O–H groups in total. The number of nitrogens with one attached hydrogen (secondary N) is 1. The zero-order valence-electron chi connectivity index (χ0n) is 13.9. The first kappa shape index (κ1) is 16.8. The lowest BCUT2D eigenvalue weighted by Crippen LogP contribution is -2.29. The van der Waals surface area contributed by atoms with Crippen LogP contribution in [0.3, 0.4) is 0 Å². The molecule has 3 heteroatoms. The topological polar surface area (TPSA) is 25.2 Å². The number of rotatable bonds is 4. The number of halogens is 1. The molecule has 124 valence electrons. The summed E-state index contributed by atoms with van der Waals surface area (Å²) >= 11 is 3.55. The van der Waals surface area contributed by atoms with E-state index in [4.69, 9.17) is 4.42 Å². The first-order chi connectivity index (χ1) is 11.2. The lowest BCUT2D eigenvalue weighted by Gasteiger charge is -2.20. The zero-order chi connectivity index (χ0) is 16.1. The minimum atomic E-state index is 0.652. The van der Waals surface area contributed by atoms with E-state index in [0.717, 1.165) is 28.1 Å². The van der Waals surface area contributed by atoms with Crippen LogP contribution in [0.5, 0.6) is 0 Å². The highest BCUT2D eigenvalue weighted by Gasteiger charge is 2.12. The Morgan fingerprint density at radius 1 is 1.04 bits per heavy atom. The second kappa shape index (κ2) is 8.16. The van der Waals surface area contributed by atoms with Crippen LogP contribution in [0, 0.1) is 6.92 Å². The maximum absolute atomic E-state index is 6.03. The van der Waals surface area contributed by atoms with Crippen LogP contribution in [0.2, 0.25) is 0 Å². The van der Waals surface area contributed by atoms with Gasteiger partial charge >= 0.3 is 0 Å². The Balaban J connectivity index is 1.59. The third kappa shape index (κ3) is 4.71. The van der Waals surface area contributed by atoms with Crippen molar-refractivity contribution in [3.05, 3.63) is 46.1 Å². The molecule has 2 aromatic rings. The lowest BCUT2D eigenvalue weighted by molar-refractivity contribution is 0.373. The molecule has 1 aliphatic carbocycles. The smallest absolute Gasteiger partial charge is 0.134 e. The van der Waals surface area contributed by atoms with Gasteiger partial charge in [-0.15, -0.1) is 0 Å². The Morgan fingerprint density at radius 3 is 2.52 bits per heavy atom. The van der Waals surface area contributed by atoms with E-state index in [-0.39, 0.29) is 0 Å². The first-order valence-corrected chi connectivity index (χ1v) is 9.60. The van der Waals surface area contributed by atoms with Crippen LogP contribution < -0.4 is 5.32 Å². The predicted molar refractivity (Wildman–Crippen MR) is 99.5 cm³/mol. The van der Waals surface area contributed by atoms with Gasteiger partial charge in [0.15, 0.2) is 0 Å². The Labute approximate surface area is 147 Å². The van der Waals surface area contributed by atoms with Crippen LogP contribution >= 0.6 is 15.9 Å². The Kier molecular flexibility index (Phi) is 5.96. The number of hydrogen-bond acceptors (Lipinski definition) is 2. The molecule has 1 fully saturated rings. The molecule has 0 radical (unpaired) electrons. The van der Waals surface area contributed by atoms with Crippen LogP contribution in [-0.4, -0.2) is 6.04 Å². The molecular formula is C20H26BrNO. The largest absolute Gasteiger partial charge is 0.460 e. The number of aryl methyl sites for hydroxylation is 1. The van der Waals surface area contributed by atoms with E-state index in [1.54, 1.807) is 0 Å². The summed E-state index contributed by atoms with van der Waals surface area (Å²) in [7, 11) is 0. The van der Waals surface area contributed by atoms with E-state index >= 15 is 0 Å². The molecule has 0 atom stereocenters. The molecular weight excluding hydrogens is 350 g/mol. The van der Waals surface area contributed by atoms with Gasteiger partial charge in [0.2, 0.25) is 0 Å². The maximum Gasteiger partial charge on any atom is 0.134 e. The maximum atomic E-state index is 6.03. The normalized spacial score (nSPS) is 17.0. The van der Waals surface area contributed by atoms with E-state index < -0.39 is 0 Å². The summed E-state index contributed by atoms with van der Waals surface area (Å²) < 4.78 is 7.17. The number of hydrogen-bond donors (Lipinski definition) is 1. The summed E-state index contributed by atoms with van der Waals surface area (Å²) in [5.74, 6) is 1.98. The van der Waals surface area contributed by atoms with E-state index in [0.29, 0.717) is 6.04 Å². The summed E-state index contributed by atoms with van der Waals surface area (Å²) in [6.07, 6.45) is 9.54. The number of benzene rings is 1. The molecule has 0 amide bonds. The lowest BCUT2D eigenvalue weighted by atomic mass is 9.97. The summed E-state index contributed by atoms with van der Waals surface area (Å²) in [6, 6.07) is 11.2. The van der Waals surface area contributed by atoms with Crippen molar-refractivity contribution >= 4 is 15.9 Å². The molecule has 23 heavy (non-hydrogen) atoms. The second-order valence-electron chi connectivity index (χ2n) is 6.65. The molecule has 2 nitrogen and oxygen atoms in total. The van der Waals surface area contributed by atoms with Crippen molar-refractivity contribution in [2.75, 3.05) is 0 Å². The van der Waals surface area contributed by atoms with Gasteiger partial charge < -0.3 is 9.73 Å². The molecule has 1 aromatic heterocycles. The fourth-order valence-corrected chi connectivity index (χ4v) is 3.58. The third-order valence-electron chi connectivity index (χ3n) is 4.77. The van der Waals surface area contributed by atoms with Crippen LogP contribution in [0.15, 0.2) is 39.2 Å².